The minimum Gasteiger partial charge on any atom is -0.339 e. The third kappa shape index (κ3) is 5.15. The van der Waals surface area contributed by atoms with Crippen molar-refractivity contribution in [1.29, 1.82) is 0 Å². The van der Waals surface area contributed by atoms with E-state index in [2.05, 4.69) is 29.4 Å². The van der Waals surface area contributed by atoms with Gasteiger partial charge in [-0.05, 0) is 19.2 Å². The Labute approximate surface area is 125 Å². The Morgan fingerprint density at radius 2 is 1.90 bits per heavy atom. The second-order valence-corrected chi connectivity index (χ2v) is 6.19. The summed E-state index contributed by atoms with van der Waals surface area (Å²) in [5.74, 6) is 1.21. The Morgan fingerprint density at radius 1 is 1.20 bits per heavy atom. The lowest BCUT2D eigenvalue weighted by Gasteiger charge is -2.32. The van der Waals surface area contributed by atoms with E-state index in [0.717, 1.165) is 38.5 Å². The van der Waals surface area contributed by atoms with Gasteiger partial charge in [0.1, 0.15) is 0 Å². The molecule has 1 amide bonds. The van der Waals surface area contributed by atoms with Gasteiger partial charge in [-0.25, -0.2) is 0 Å². The highest BCUT2D eigenvalue weighted by atomic mass is 32.2. The van der Waals surface area contributed by atoms with Crippen LogP contribution < -0.4 is 5.32 Å². The summed E-state index contributed by atoms with van der Waals surface area (Å²) >= 11 is 1.81. The van der Waals surface area contributed by atoms with Crippen LogP contribution >= 0.6 is 11.8 Å². The van der Waals surface area contributed by atoms with Crippen LogP contribution in [0.25, 0.3) is 0 Å². The fourth-order valence-electron chi connectivity index (χ4n) is 2.12. The van der Waals surface area contributed by atoms with Crippen molar-refractivity contribution in [3.05, 3.63) is 30.3 Å². The van der Waals surface area contributed by atoms with Crippen LogP contribution in [-0.2, 0) is 4.79 Å². The molecule has 1 aromatic rings. The molecule has 1 aromatic carbocycles. The maximum absolute atomic E-state index is 12.0. The molecule has 1 fully saturated rings. The molecular formula is C15H23N3OS. The van der Waals surface area contributed by atoms with Gasteiger partial charge in [-0.3, -0.25) is 4.79 Å². The number of likely N-dealkylation sites (N-methyl/N-ethyl adjacent to an activating group) is 1. The van der Waals surface area contributed by atoms with E-state index >= 15 is 0 Å². The summed E-state index contributed by atoms with van der Waals surface area (Å²) in [5, 5.41) is 3.24. The molecule has 0 saturated carbocycles. The Bertz CT molecular complexity index is 405. The van der Waals surface area contributed by atoms with Gasteiger partial charge >= 0.3 is 0 Å². The largest absolute Gasteiger partial charge is 0.339 e. The molecule has 0 bridgehead atoms. The SMILES string of the molecule is CN1CCN(C(=O)CNCCSc2ccccc2)CC1. The normalized spacial score (nSPS) is 16.4. The molecule has 0 aromatic heterocycles. The number of benzene rings is 1. The summed E-state index contributed by atoms with van der Waals surface area (Å²) in [4.78, 5) is 17.5. The predicted molar refractivity (Wildman–Crippen MR) is 84.1 cm³/mol. The van der Waals surface area contributed by atoms with Crippen LogP contribution in [0.3, 0.4) is 0 Å². The van der Waals surface area contributed by atoms with Gasteiger partial charge in [0.15, 0.2) is 0 Å². The zero-order valence-corrected chi connectivity index (χ0v) is 12.9. The van der Waals surface area contributed by atoms with Crippen molar-refractivity contribution < 1.29 is 4.79 Å². The lowest BCUT2D eigenvalue weighted by molar-refractivity contribution is -0.131. The molecule has 1 N–H and O–H groups in total. The number of carbonyl (C=O) groups is 1. The second-order valence-electron chi connectivity index (χ2n) is 5.02. The summed E-state index contributed by atoms with van der Waals surface area (Å²) in [6.45, 7) is 4.99. The molecule has 0 radical (unpaired) electrons. The summed E-state index contributed by atoms with van der Waals surface area (Å²) < 4.78 is 0. The van der Waals surface area contributed by atoms with Gasteiger partial charge in [-0.15, -0.1) is 11.8 Å². The molecular weight excluding hydrogens is 270 g/mol. The Morgan fingerprint density at radius 3 is 2.60 bits per heavy atom. The Hall–Kier alpha value is -1.04. The lowest BCUT2D eigenvalue weighted by Crippen LogP contribution is -2.49. The highest BCUT2D eigenvalue weighted by Gasteiger charge is 2.18. The number of nitrogens with zero attached hydrogens (tertiary/aromatic N) is 2. The smallest absolute Gasteiger partial charge is 0.236 e. The quantitative estimate of drug-likeness (QED) is 0.630. The first-order valence-electron chi connectivity index (χ1n) is 7.10. The predicted octanol–water partition coefficient (Wildman–Crippen LogP) is 1.14. The Balaban J connectivity index is 1.55. The zero-order valence-electron chi connectivity index (χ0n) is 12.0. The van der Waals surface area contributed by atoms with Gasteiger partial charge in [0, 0.05) is 43.4 Å². The van der Waals surface area contributed by atoms with Crippen molar-refractivity contribution >= 4 is 17.7 Å². The third-order valence-electron chi connectivity index (χ3n) is 3.42. The number of hydrogen-bond donors (Lipinski definition) is 1. The summed E-state index contributed by atoms with van der Waals surface area (Å²) in [7, 11) is 2.10. The van der Waals surface area contributed by atoms with E-state index in [4.69, 9.17) is 0 Å². The molecule has 20 heavy (non-hydrogen) atoms. The van der Waals surface area contributed by atoms with Crippen molar-refractivity contribution in [2.45, 2.75) is 4.90 Å². The monoisotopic (exact) mass is 293 g/mol. The number of rotatable bonds is 6. The maximum Gasteiger partial charge on any atom is 0.236 e. The number of amides is 1. The molecule has 4 nitrogen and oxygen atoms in total. The average molecular weight is 293 g/mol. The highest BCUT2D eigenvalue weighted by Crippen LogP contribution is 2.15. The first kappa shape index (κ1) is 15.4. The highest BCUT2D eigenvalue weighted by molar-refractivity contribution is 7.99. The summed E-state index contributed by atoms with van der Waals surface area (Å²) in [5.41, 5.74) is 0. The average Bonchev–Trinajstić information content (AvgIpc) is 2.48. The zero-order chi connectivity index (χ0) is 14.2. The molecule has 0 unspecified atom stereocenters. The third-order valence-corrected chi connectivity index (χ3v) is 4.44. The number of thioether (sulfide) groups is 1. The maximum atomic E-state index is 12.0. The van der Waals surface area contributed by atoms with E-state index in [-0.39, 0.29) is 5.91 Å². The molecule has 110 valence electrons. The Kier molecular flexibility index (Phi) is 6.36. The molecule has 5 heteroatoms. The minimum atomic E-state index is 0.225. The van der Waals surface area contributed by atoms with Gasteiger partial charge in [-0.2, -0.15) is 0 Å². The van der Waals surface area contributed by atoms with Gasteiger partial charge in [0.2, 0.25) is 5.91 Å². The van der Waals surface area contributed by atoms with Crippen LogP contribution in [0, 0.1) is 0 Å². The van der Waals surface area contributed by atoms with E-state index in [1.165, 1.54) is 4.90 Å². The van der Waals surface area contributed by atoms with E-state index in [9.17, 15) is 4.79 Å². The molecule has 1 saturated heterocycles. The van der Waals surface area contributed by atoms with Crippen molar-refractivity contribution in [2.24, 2.45) is 0 Å². The van der Waals surface area contributed by atoms with Gasteiger partial charge in [-0.1, -0.05) is 18.2 Å². The van der Waals surface area contributed by atoms with Crippen LogP contribution in [0.15, 0.2) is 35.2 Å². The van der Waals surface area contributed by atoms with Crippen molar-refractivity contribution in [3.8, 4) is 0 Å². The molecule has 0 atom stereocenters. The molecule has 1 aliphatic heterocycles. The fraction of sp³-hybridized carbons (Fsp3) is 0.533. The minimum absolute atomic E-state index is 0.225. The second kappa shape index (κ2) is 8.29. The first-order chi connectivity index (χ1) is 9.75. The summed E-state index contributed by atoms with van der Waals surface area (Å²) in [6, 6.07) is 10.3. The van der Waals surface area contributed by atoms with Crippen LogP contribution in [-0.4, -0.2) is 67.8 Å². The topological polar surface area (TPSA) is 35.6 Å². The molecule has 0 aliphatic carbocycles. The standard InChI is InChI=1S/C15H23N3OS/c1-17-8-10-18(11-9-17)15(19)13-16-7-12-20-14-5-3-2-4-6-14/h2-6,16H,7-13H2,1H3. The number of hydrogen-bond acceptors (Lipinski definition) is 4. The van der Waals surface area contributed by atoms with E-state index in [1.807, 2.05) is 34.9 Å². The fourth-order valence-corrected chi connectivity index (χ4v) is 2.95. The van der Waals surface area contributed by atoms with Crippen LogP contribution in [0.4, 0.5) is 0 Å². The number of nitrogens with one attached hydrogen (secondary N) is 1. The molecule has 0 spiro atoms. The van der Waals surface area contributed by atoms with Crippen molar-refractivity contribution in [3.63, 3.8) is 0 Å². The van der Waals surface area contributed by atoms with Gasteiger partial charge in [0.25, 0.3) is 0 Å². The first-order valence-corrected chi connectivity index (χ1v) is 8.09. The van der Waals surface area contributed by atoms with Gasteiger partial charge < -0.3 is 15.1 Å². The lowest BCUT2D eigenvalue weighted by atomic mass is 10.3. The van der Waals surface area contributed by atoms with Crippen LogP contribution in [0.1, 0.15) is 0 Å². The van der Waals surface area contributed by atoms with E-state index < -0.39 is 0 Å². The van der Waals surface area contributed by atoms with Crippen molar-refractivity contribution in [2.75, 3.05) is 52.1 Å². The van der Waals surface area contributed by atoms with Crippen LogP contribution in [0.2, 0.25) is 0 Å². The number of piperazine rings is 1. The van der Waals surface area contributed by atoms with Gasteiger partial charge in [0.05, 0.1) is 6.54 Å². The van der Waals surface area contributed by atoms with E-state index in [1.54, 1.807) is 0 Å². The molecule has 2 rings (SSSR count). The van der Waals surface area contributed by atoms with E-state index in [0.29, 0.717) is 6.54 Å². The summed E-state index contributed by atoms with van der Waals surface area (Å²) in [6.07, 6.45) is 0. The van der Waals surface area contributed by atoms with Crippen LogP contribution in [0.5, 0.6) is 0 Å². The molecule has 1 aliphatic rings. The molecule has 1 heterocycles. The van der Waals surface area contributed by atoms with Crippen molar-refractivity contribution in [1.82, 2.24) is 15.1 Å². The number of carbonyl (C=O) groups excluding carboxylic acids is 1.